The first kappa shape index (κ1) is 15.8. The van der Waals surface area contributed by atoms with Gasteiger partial charge in [-0.2, -0.15) is 0 Å². The number of nitrogens with zero attached hydrogens (tertiary/aromatic N) is 2. The molecule has 21 heavy (non-hydrogen) atoms. The zero-order valence-corrected chi connectivity index (χ0v) is 14.0. The highest BCUT2D eigenvalue weighted by Crippen LogP contribution is 2.23. The number of thioether (sulfide) groups is 1. The summed E-state index contributed by atoms with van der Waals surface area (Å²) in [5, 5.41) is 3.13. The predicted molar refractivity (Wildman–Crippen MR) is 90.9 cm³/mol. The van der Waals surface area contributed by atoms with Gasteiger partial charge in [0.25, 0.3) is 0 Å². The fraction of sp³-hybridized carbons (Fsp3) is 0.412. The van der Waals surface area contributed by atoms with Gasteiger partial charge in [-0.25, -0.2) is 9.97 Å². The zero-order chi connectivity index (χ0) is 15.2. The molecule has 3 nitrogen and oxygen atoms in total. The fourth-order valence-corrected chi connectivity index (χ4v) is 2.99. The van der Waals surface area contributed by atoms with Crippen LogP contribution in [0.3, 0.4) is 0 Å². The summed E-state index contributed by atoms with van der Waals surface area (Å²) in [6, 6.07) is 10.6. The third-order valence-corrected chi connectivity index (χ3v) is 4.05. The first-order valence-corrected chi connectivity index (χ1v) is 8.29. The maximum absolute atomic E-state index is 4.69. The van der Waals surface area contributed by atoms with E-state index in [-0.39, 0.29) is 0 Å². The number of nitrogens with one attached hydrogen (secondary N) is 1. The molecule has 2 aromatic rings. The summed E-state index contributed by atoms with van der Waals surface area (Å²) in [5.74, 6) is 3.19. The molecule has 0 aliphatic carbocycles. The lowest BCUT2D eigenvalue weighted by Gasteiger charge is -2.09. The molecule has 0 radical (unpaired) electrons. The lowest BCUT2D eigenvalue weighted by molar-refractivity contribution is 0.632. The first-order chi connectivity index (χ1) is 10.1. The summed E-state index contributed by atoms with van der Waals surface area (Å²) < 4.78 is 0. The average Bonchev–Trinajstić information content (AvgIpc) is 2.44. The Labute approximate surface area is 131 Å². The molecule has 1 N–H and O–H groups in total. The van der Waals surface area contributed by atoms with E-state index >= 15 is 0 Å². The van der Waals surface area contributed by atoms with Crippen LogP contribution in [-0.2, 0) is 12.2 Å². The van der Waals surface area contributed by atoms with Crippen molar-refractivity contribution in [3.63, 3.8) is 0 Å². The van der Waals surface area contributed by atoms with E-state index in [0.717, 1.165) is 29.5 Å². The Morgan fingerprint density at radius 2 is 2.00 bits per heavy atom. The van der Waals surface area contributed by atoms with Crippen molar-refractivity contribution in [1.82, 2.24) is 9.97 Å². The molecule has 1 heterocycles. The van der Waals surface area contributed by atoms with E-state index in [2.05, 4.69) is 60.3 Å². The third kappa shape index (κ3) is 5.05. The van der Waals surface area contributed by atoms with Crippen LogP contribution in [0.4, 0.5) is 5.82 Å². The summed E-state index contributed by atoms with van der Waals surface area (Å²) in [5.41, 5.74) is 2.40. The van der Waals surface area contributed by atoms with Crippen molar-refractivity contribution in [3.8, 4) is 0 Å². The molecule has 0 atom stereocenters. The van der Waals surface area contributed by atoms with Crippen molar-refractivity contribution >= 4 is 17.6 Å². The van der Waals surface area contributed by atoms with Gasteiger partial charge >= 0.3 is 0 Å². The normalized spacial score (nSPS) is 10.9. The van der Waals surface area contributed by atoms with Gasteiger partial charge < -0.3 is 5.32 Å². The van der Waals surface area contributed by atoms with Crippen LogP contribution in [0.25, 0.3) is 0 Å². The van der Waals surface area contributed by atoms with Crippen molar-refractivity contribution in [2.24, 2.45) is 5.92 Å². The van der Waals surface area contributed by atoms with E-state index in [1.54, 1.807) is 11.8 Å². The van der Waals surface area contributed by atoms with Gasteiger partial charge in [0.1, 0.15) is 11.6 Å². The molecule has 1 aromatic heterocycles. The molecule has 0 unspecified atom stereocenters. The summed E-state index contributed by atoms with van der Waals surface area (Å²) in [4.78, 5) is 10.5. The third-order valence-electron chi connectivity index (χ3n) is 3.06. The maximum Gasteiger partial charge on any atom is 0.141 e. The Kier molecular flexibility index (Phi) is 5.62. The van der Waals surface area contributed by atoms with Gasteiger partial charge in [0.05, 0.1) is 5.75 Å². The quantitative estimate of drug-likeness (QED) is 0.806. The fourth-order valence-electron chi connectivity index (χ4n) is 2.12. The van der Waals surface area contributed by atoms with Gasteiger partial charge in [-0.1, -0.05) is 31.5 Å². The first-order valence-electron chi connectivity index (χ1n) is 7.31. The second-order valence-electron chi connectivity index (χ2n) is 5.61. The number of aryl methyl sites for hydroxylation is 1. The Morgan fingerprint density at radius 3 is 2.67 bits per heavy atom. The minimum absolute atomic E-state index is 0.599. The molecule has 0 saturated carbocycles. The standard InChI is InChI=1S/C17H23N3S/c1-12(2)8-14-10-16(18-4)20-17(19-14)11-21-15-7-5-6-13(3)9-15/h5-7,9-10,12H,8,11H2,1-4H3,(H,18,19,20). The number of rotatable bonds is 6. The topological polar surface area (TPSA) is 37.8 Å². The van der Waals surface area contributed by atoms with Crippen molar-refractivity contribution in [2.45, 2.75) is 37.8 Å². The Morgan fingerprint density at radius 1 is 1.19 bits per heavy atom. The molecule has 0 aliphatic rings. The summed E-state index contributed by atoms with van der Waals surface area (Å²) in [6.07, 6.45) is 0.985. The van der Waals surface area contributed by atoms with Crippen LogP contribution in [0.1, 0.15) is 30.9 Å². The van der Waals surface area contributed by atoms with E-state index in [9.17, 15) is 0 Å². The minimum atomic E-state index is 0.599. The number of aromatic nitrogens is 2. The molecule has 0 amide bonds. The Balaban J connectivity index is 2.11. The van der Waals surface area contributed by atoms with Gasteiger partial charge in [0.15, 0.2) is 0 Å². The van der Waals surface area contributed by atoms with Crippen LogP contribution < -0.4 is 5.32 Å². The highest BCUT2D eigenvalue weighted by molar-refractivity contribution is 7.98. The number of anilines is 1. The van der Waals surface area contributed by atoms with Gasteiger partial charge in [-0.3, -0.25) is 0 Å². The van der Waals surface area contributed by atoms with E-state index in [4.69, 9.17) is 0 Å². The molecular weight excluding hydrogens is 278 g/mol. The van der Waals surface area contributed by atoms with Crippen LogP contribution in [0.15, 0.2) is 35.2 Å². The molecule has 0 bridgehead atoms. The lowest BCUT2D eigenvalue weighted by Crippen LogP contribution is -2.05. The largest absolute Gasteiger partial charge is 0.373 e. The van der Waals surface area contributed by atoms with Gasteiger partial charge in [-0.15, -0.1) is 11.8 Å². The molecule has 2 rings (SSSR count). The van der Waals surface area contributed by atoms with Gasteiger partial charge in [0.2, 0.25) is 0 Å². The van der Waals surface area contributed by atoms with Crippen LogP contribution in [-0.4, -0.2) is 17.0 Å². The highest BCUT2D eigenvalue weighted by atomic mass is 32.2. The SMILES string of the molecule is CNc1cc(CC(C)C)nc(CSc2cccc(C)c2)n1. The van der Waals surface area contributed by atoms with Gasteiger partial charge in [0, 0.05) is 23.7 Å². The van der Waals surface area contributed by atoms with E-state index in [1.165, 1.54) is 10.5 Å². The molecule has 4 heteroatoms. The van der Waals surface area contributed by atoms with Crippen LogP contribution >= 0.6 is 11.8 Å². The molecule has 0 spiro atoms. The van der Waals surface area contributed by atoms with Gasteiger partial charge in [-0.05, 0) is 31.4 Å². The number of benzene rings is 1. The molecule has 112 valence electrons. The van der Waals surface area contributed by atoms with Crippen molar-refractivity contribution in [2.75, 3.05) is 12.4 Å². The van der Waals surface area contributed by atoms with E-state index in [1.807, 2.05) is 13.1 Å². The molecular formula is C17H23N3S. The average molecular weight is 301 g/mol. The number of hydrogen-bond acceptors (Lipinski definition) is 4. The smallest absolute Gasteiger partial charge is 0.141 e. The molecule has 0 aliphatic heterocycles. The highest BCUT2D eigenvalue weighted by Gasteiger charge is 2.07. The summed E-state index contributed by atoms with van der Waals surface area (Å²) in [6.45, 7) is 6.54. The molecule has 0 saturated heterocycles. The van der Waals surface area contributed by atoms with Crippen molar-refractivity contribution in [1.29, 1.82) is 0 Å². The maximum atomic E-state index is 4.69. The van der Waals surface area contributed by atoms with E-state index in [0.29, 0.717) is 5.92 Å². The predicted octanol–water partition coefficient (Wildman–Crippen LogP) is 4.32. The van der Waals surface area contributed by atoms with Crippen LogP contribution in [0.5, 0.6) is 0 Å². The minimum Gasteiger partial charge on any atom is -0.373 e. The van der Waals surface area contributed by atoms with Crippen molar-refractivity contribution < 1.29 is 0 Å². The monoisotopic (exact) mass is 301 g/mol. The summed E-state index contributed by atoms with van der Waals surface area (Å²) in [7, 11) is 1.90. The zero-order valence-electron chi connectivity index (χ0n) is 13.2. The lowest BCUT2D eigenvalue weighted by atomic mass is 10.1. The molecule has 1 aromatic carbocycles. The van der Waals surface area contributed by atoms with Crippen LogP contribution in [0, 0.1) is 12.8 Å². The van der Waals surface area contributed by atoms with Crippen molar-refractivity contribution in [3.05, 3.63) is 47.4 Å². The Hall–Kier alpha value is -1.55. The second kappa shape index (κ2) is 7.46. The van der Waals surface area contributed by atoms with Crippen LogP contribution in [0.2, 0.25) is 0 Å². The van der Waals surface area contributed by atoms with E-state index < -0.39 is 0 Å². The number of hydrogen-bond donors (Lipinski definition) is 1. The Bertz CT molecular complexity index is 596. The molecule has 0 fully saturated rings. The second-order valence-corrected chi connectivity index (χ2v) is 6.66. The summed E-state index contributed by atoms with van der Waals surface area (Å²) >= 11 is 1.78.